The number of hydrogen-bond acceptors (Lipinski definition) is 6. The highest BCUT2D eigenvalue weighted by atomic mass is 19.4. The first-order valence-corrected chi connectivity index (χ1v) is 11.6. The fourth-order valence-electron chi connectivity index (χ4n) is 4.37. The van der Waals surface area contributed by atoms with Crippen molar-refractivity contribution in [3.05, 3.63) is 71.3 Å². The lowest BCUT2D eigenvalue weighted by atomic mass is 9.83. The second kappa shape index (κ2) is 12.0. The summed E-state index contributed by atoms with van der Waals surface area (Å²) in [6.45, 7) is 2.73. The standard InChI is InChI=1S/C24H26N2O4.C2HF3O2/c27-21-16-24(12-4-13-26(17-24)14-11-18-5-2-1-3-6-18)30-22-9-7-19(15-20(21)22)8-10-23(28)25-29;3-2(4,5)1(6)7/h1-3,5-10,15,29H,4,11-14,16-17H2,(H,25,28);(H,6,7). The Morgan fingerprint density at radius 1 is 1.16 bits per heavy atom. The van der Waals surface area contributed by atoms with Crippen LogP contribution in [0.25, 0.3) is 6.08 Å². The summed E-state index contributed by atoms with van der Waals surface area (Å²) in [4.78, 5) is 35.4. The van der Waals surface area contributed by atoms with Crippen LogP contribution in [0.15, 0.2) is 54.6 Å². The number of rotatable bonds is 5. The molecule has 37 heavy (non-hydrogen) atoms. The van der Waals surface area contributed by atoms with Crippen molar-refractivity contribution in [2.45, 2.75) is 37.5 Å². The first kappa shape index (κ1) is 27.9. The monoisotopic (exact) mass is 520 g/mol. The highest BCUT2D eigenvalue weighted by molar-refractivity contribution is 6.01. The van der Waals surface area contributed by atoms with Crippen molar-refractivity contribution < 1.29 is 42.6 Å². The van der Waals surface area contributed by atoms with Gasteiger partial charge in [0.15, 0.2) is 5.78 Å². The maximum Gasteiger partial charge on any atom is 0.490 e. The van der Waals surface area contributed by atoms with Crippen molar-refractivity contribution in [2.75, 3.05) is 19.6 Å². The number of hydrogen-bond donors (Lipinski definition) is 3. The summed E-state index contributed by atoms with van der Waals surface area (Å²) in [6.07, 6.45) is 0.913. The van der Waals surface area contributed by atoms with Crippen LogP contribution in [0.5, 0.6) is 5.75 Å². The number of carbonyl (C=O) groups excluding carboxylic acids is 2. The molecule has 0 bridgehead atoms. The molecule has 0 aromatic heterocycles. The van der Waals surface area contributed by atoms with E-state index in [1.807, 2.05) is 12.1 Å². The predicted molar refractivity (Wildman–Crippen MR) is 127 cm³/mol. The molecule has 2 heterocycles. The van der Waals surface area contributed by atoms with Crippen LogP contribution in [0.2, 0.25) is 0 Å². The summed E-state index contributed by atoms with van der Waals surface area (Å²) in [7, 11) is 0. The lowest BCUT2D eigenvalue weighted by Crippen LogP contribution is -2.54. The Hall–Kier alpha value is -3.70. The van der Waals surface area contributed by atoms with E-state index in [2.05, 4.69) is 29.2 Å². The Morgan fingerprint density at radius 2 is 1.86 bits per heavy atom. The Bertz CT molecular complexity index is 1150. The van der Waals surface area contributed by atoms with E-state index in [-0.39, 0.29) is 5.78 Å². The van der Waals surface area contributed by atoms with Crippen molar-refractivity contribution in [3.8, 4) is 5.75 Å². The summed E-state index contributed by atoms with van der Waals surface area (Å²) in [5, 5.41) is 15.7. The van der Waals surface area contributed by atoms with Crippen LogP contribution >= 0.6 is 0 Å². The molecule has 2 aromatic rings. The maximum absolute atomic E-state index is 12.9. The molecule has 0 saturated carbocycles. The quantitative estimate of drug-likeness (QED) is 0.311. The Morgan fingerprint density at radius 3 is 2.51 bits per heavy atom. The molecule has 11 heteroatoms. The number of carboxylic acid groups (broad SMARTS) is 1. The molecule has 8 nitrogen and oxygen atoms in total. The minimum absolute atomic E-state index is 0.0722. The molecule has 2 aromatic carbocycles. The smallest absolute Gasteiger partial charge is 0.485 e. The lowest BCUT2D eigenvalue weighted by Gasteiger charge is -2.45. The molecule has 2 aliphatic rings. The highest BCUT2D eigenvalue weighted by Crippen LogP contribution is 2.39. The number of aliphatic carboxylic acids is 1. The second-order valence-electron chi connectivity index (χ2n) is 8.87. The molecular weight excluding hydrogens is 493 g/mol. The number of halogens is 3. The summed E-state index contributed by atoms with van der Waals surface area (Å²) in [6, 6.07) is 15.8. The van der Waals surface area contributed by atoms with Gasteiger partial charge in [0.05, 0.1) is 12.0 Å². The van der Waals surface area contributed by atoms with Crippen LogP contribution in [-0.2, 0) is 16.0 Å². The third-order valence-electron chi connectivity index (χ3n) is 6.07. The number of alkyl halides is 3. The number of carboxylic acids is 1. The van der Waals surface area contributed by atoms with E-state index < -0.39 is 23.7 Å². The van der Waals surface area contributed by atoms with Gasteiger partial charge in [-0.05, 0) is 55.1 Å². The lowest BCUT2D eigenvalue weighted by molar-refractivity contribution is -0.192. The zero-order valence-electron chi connectivity index (χ0n) is 19.8. The van der Waals surface area contributed by atoms with Crippen molar-refractivity contribution in [3.63, 3.8) is 0 Å². The number of nitrogens with one attached hydrogen (secondary N) is 1. The molecule has 198 valence electrons. The van der Waals surface area contributed by atoms with Gasteiger partial charge in [-0.3, -0.25) is 19.7 Å². The largest absolute Gasteiger partial charge is 0.490 e. The van der Waals surface area contributed by atoms with Crippen LogP contribution < -0.4 is 10.2 Å². The number of Topliss-reactive ketones (excluding diaryl/α,β-unsaturated/α-hetero) is 1. The van der Waals surface area contributed by atoms with E-state index in [0.717, 1.165) is 38.9 Å². The summed E-state index contributed by atoms with van der Waals surface area (Å²) in [5.74, 6) is -2.69. The number of ketones is 1. The number of fused-ring (bicyclic) bond motifs is 1. The zero-order chi connectivity index (χ0) is 27.1. The zero-order valence-corrected chi connectivity index (χ0v) is 19.8. The molecule has 1 unspecified atom stereocenters. The van der Waals surface area contributed by atoms with Gasteiger partial charge in [0.1, 0.15) is 11.4 Å². The van der Waals surface area contributed by atoms with Crippen LogP contribution in [0.3, 0.4) is 0 Å². The average molecular weight is 521 g/mol. The predicted octanol–water partition coefficient (Wildman–Crippen LogP) is 3.88. The molecule has 1 saturated heterocycles. The van der Waals surface area contributed by atoms with Gasteiger partial charge in [-0.15, -0.1) is 0 Å². The minimum Gasteiger partial charge on any atom is -0.485 e. The number of hydroxylamine groups is 1. The van der Waals surface area contributed by atoms with E-state index in [0.29, 0.717) is 23.3 Å². The fourth-order valence-corrected chi connectivity index (χ4v) is 4.37. The maximum atomic E-state index is 12.9. The third kappa shape index (κ3) is 7.89. The number of benzene rings is 2. The molecule has 0 radical (unpaired) electrons. The Balaban J connectivity index is 0.000000479. The summed E-state index contributed by atoms with van der Waals surface area (Å²) in [5.41, 5.74) is 3.66. The first-order valence-electron chi connectivity index (χ1n) is 11.6. The van der Waals surface area contributed by atoms with Gasteiger partial charge in [0.2, 0.25) is 0 Å². The first-order chi connectivity index (χ1) is 17.5. The van der Waals surface area contributed by atoms with Crippen LogP contribution in [0.4, 0.5) is 13.2 Å². The topological polar surface area (TPSA) is 116 Å². The van der Waals surface area contributed by atoms with E-state index in [1.165, 1.54) is 11.6 Å². The van der Waals surface area contributed by atoms with Crippen LogP contribution in [-0.4, -0.2) is 64.3 Å². The van der Waals surface area contributed by atoms with Gasteiger partial charge in [0.25, 0.3) is 5.91 Å². The van der Waals surface area contributed by atoms with Crippen LogP contribution in [0.1, 0.15) is 40.7 Å². The van der Waals surface area contributed by atoms with Gasteiger partial charge in [-0.1, -0.05) is 36.4 Å². The van der Waals surface area contributed by atoms with E-state index in [9.17, 15) is 22.8 Å². The van der Waals surface area contributed by atoms with Crippen molar-refractivity contribution in [2.24, 2.45) is 0 Å². The average Bonchev–Trinajstić information content (AvgIpc) is 2.86. The SMILES string of the molecule is O=C(C=Cc1ccc2c(c1)C(=O)CC1(CCCN(CCc3ccccc3)C1)O2)NO.O=C(O)C(F)(F)F. The molecule has 3 N–H and O–H groups in total. The molecule has 4 rings (SSSR count). The molecule has 0 aliphatic carbocycles. The number of ether oxygens (including phenoxy) is 1. The minimum atomic E-state index is -5.08. The van der Waals surface area contributed by atoms with E-state index in [1.54, 1.807) is 23.7 Å². The highest BCUT2D eigenvalue weighted by Gasteiger charge is 2.43. The molecule has 2 aliphatic heterocycles. The third-order valence-corrected chi connectivity index (χ3v) is 6.07. The van der Waals surface area contributed by atoms with Gasteiger partial charge in [-0.25, -0.2) is 10.3 Å². The van der Waals surface area contributed by atoms with Gasteiger partial charge in [-0.2, -0.15) is 13.2 Å². The summed E-state index contributed by atoms with van der Waals surface area (Å²) < 4.78 is 38.1. The van der Waals surface area contributed by atoms with E-state index in [4.69, 9.17) is 19.8 Å². The molecule has 1 amide bonds. The second-order valence-corrected chi connectivity index (χ2v) is 8.87. The van der Waals surface area contributed by atoms with Gasteiger partial charge in [0, 0.05) is 19.2 Å². The summed E-state index contributed by atoms with van der Waals surface area (Å²) >= 11 is 0. The number of nitrogens with zero attached hydrogens (tertiary/aromatic N) is 1. The number of piperidine rings is 1. The van der Waals surface area contributed by atoms with Gasteiger partial charge < -0.3 is 9.84 Å². The Kier molecular flexibility index (Phi) is 9.06. The Labute approximate surface area is 211 Å². The van der Waals surface area contributed by atoms with Crippen molar-refractivity contribution in [1.82, 2.24) is 10.4 Å². The van der Waals surface area contributed by atoms with Crippen molar-refractivity contribution >= 4 is 23.7 Å². The molecule has 1 fully saturated rings. The molecule has 1 spiro atoms. The molecule has 1 atom stereocenters. The number of amides is 1. The molecular formula is C26H27F3N2O6. The number of carbonyl (C=O) groups is 3. The van der Waals surface area contributed by atoms with Crippen LogP contribution in [0, 0.1) is 0 Å². The van der Waals surface area contributed by atoms with Crippen molar-refractivity contribution in [1.29, 1.82) is 0 Å². The normalized spacial score (nSPS) is 19.5. The van der Waals surface area contributed by atoms with Gasteiger partial charge >= 0.3 is 12.1 Å². The number of likely N-dealkylation sites (tertiary alicyclic amines) is 1. The fraction of sp³-hybridized carbons (Fsp3) is 0.346. The van der Waals surface area contributed by atoms with E-state index >= 15 is 0 Å².